The van der Waals surface area contributed by atoms with Crippen LogP contribution in [0.5, 0.6) is 0 Å². The minimum Gasteiger partial charge on any atom is -0.432 e. The van der Waals surface area contributed by atoms with Gasteiger partial charge in [0.15, 0.2) is 18.9 Å². The Bertz CT molecular complexity index is 2030. The highest BCUT2D eigenvalue weighted by Crippen LogP contribution is 2.78. The van der Waals surface area contributed by atoms with Crippen molar-refractivity contribution in [2.75, 3.05) is 26.4 Å². The van der Waals surface area contributed by atoms with Crippen LogP contribution in [0.2, 0.25) is 0 Å². The molecule has 22 nitrogen and oxygen atoms in total. The molecule has 75 heavy (non-hydrogen) atoms. The Balaban J connectivity index is 0.885. The highest BCUT2D eigenvalue weighted by atomic mass is 16.8. The Hall–Kier alpha value is -1.59. The average Bonchev–Trinajstić information content (AvgIpc) is 3.88. The molecule has 22 heteroatoms. The van der Waals surface area contributed by atoms with Crippen molar-refractivity contribution in [2.45, 2.75) is 229 Å². The first-order chi connectivity index (χ1) is 35.2. The summed E-state index contributed by atoms with van der Waals surface area (Å²) in [5.74, 6) is -0.421. The van der Waals surface area contributed by atoms with E-state index in [0.717, 1.165) is 37.7 Å². The third kappa shape index (κ3) is 9.31. The number of fused-ring (bicyclic) bond motifs is 7. The van der Waals surface area contributed by atoms with Crippen molar-refractivity contribution < 1.29 is 109 Å². The van der Waals surface area contributed by atoms with E-state index in [4.69, 9.17) is 37.9 Å². The molecule has 4 heterocycles. The molecule has 0 aromatic heterocycles. The lowest BCUT2D eigenvalue weighted by Gasteiger charge is -2.73. The molecule has 0 radical (unpaired) electrons. The van der Waals surface area contributed by atoms with Crippen LogP contribution >= 0.6 is 0 Å². The second-order valence-corrected chi connectivity index (χ2v) is 25.2. The van der Waals surface area contributed by atoms with Crippen LogP contribution in [-0.4, -0.2) is 222 Å². The summed E-state index contributed by atoms with van der Waals surface area (Å²) in [7, 11) is 0. The molecule has 0 bridgehead atoms. The van der Waals surface area contributed by atoms with Gasteiger partial charge in [-0.2, -0.15) is 0 Å². The van der Waals surface area contributed by atoms with Crippen LogP contribution < -0.4 is 0 Å². The maximum absolute atomic E-state index is 15.1. The van der Waals surface area contributed by atoms with Gasteiger partial charge in [-0.05, 0) is 124 Å². The largest absolute Gasteiger partial charge is 0.432 e. The molecule has 4 saturated heterocycles. The molecule has 9 fully saturated rings. The fraction of sp³-hybridized carbons (Fsp3) is 0.943. The van der Waals surface area contributed by atoms with E-state index < -0.39 is 153 Å². The molecule has 30 atom stereocenters. The van der Waals surface area contributed by atoms with Crippen LogP contribution in [0.1, 0.15) is 106 Å². The number of hydrogen-bond donors (Lipinski definition) is 13. The Morgan fingerprint density at radius 1 is 0.613 bits per heavy atom. The summed E-state index contributed by atoms with van der Waals surface area (Å²) in [6.07, 6.45) is -23.1. The molecule has 10 unspecified atom stereocenters. The standard InChI is InChI=1S/C53H86O22/c1-22(2)24-10-15-53(48(67)75-47-41(65)37(61)35(59)28(72-47)20-69-44-42(66)38(62)43(27(18-54)71-44)74-46-40(64)36(60)33(57)23(3)70-46)17-16-51(6)25(32(24)53)8-9-30-49(4)13-12-31(73-45-39(63)34(58)26(56)19-68-45)50(5,21-55)29(49)11-14-52(30,51)7/h23-47,54-66H,1,8-21H2,2-7H3/t23-,24?,25?,26-,27-,28-,29?,30?,31?,32?,33+,34-,35-,36-,37+,38-,39-,40-,41-,42-,43-,44-,45+,46+,47+,49?,50+,51?,52?,53?/m1/s1. The van der Waals surface area contributed by atoms with Crippen LogP contribution in [0.3, 0.4) is 0 Å². The molecule has 0 amide bonds. The number of carbonyl (C=O) groups is 1. The Morgan fingerprint density at radius 3 is 1.95 bits per heavy atom. The number of aliphatic hydroxyl groups is 13. The highest BCUT2D eigenvalue weighted by molar-refractivity contribution is 5.78. The minimum atomic E-state index is -1.88. The number of carbonyl (C=O) groups excluding carboxylic acids is 1. The number of rotatable bonds is 12. The number of ether oxygens (including phenoxy) is 8. The summed E-state index contributed by atoms with van der Waals surface area (Å²) in [4.78, 5) is 15.1. The number of allylic oxidation sites excluding steroid dienone is 1. The van der Waals surface area contributed by atoms with Gasteiger partial charge in [-0.1, -0.05) is 39.8 Å². The lowest BCUT2D eigenvalue weighted by Crippen LogP contribution is -2.68. The van der Waals surface area contributed by atoms with Crippen LogP contribution in [0.25, 0.3) is 0 Å². The van der Waals surface area contributed by atoms with Gasteiger partial charge in [0.25, 0.3) is 0 Å². The van der Waals surface area contributed by atoms with E-state index in [-0.39, 0.29) is 59.0 Å². The zero-order chi connectivity index (χ0) is 54.6. The van der Waals surface area contributed by atoms with Crippen LogP contribution in [-0.2, 0) is 42.7 Å². The maximum atomic E-state index is 15.1. The van der Waals surface area contributed by atoms with E-state index in [9.17, 15) is 66.4 Å². The van der Waals surface area contributed by atoms with Crippen molar-refractivity contribution in [1.29, 1.82) is 0 Å². The van der Waals surface area contributed by atoms with Gasteiger partial charge in [-0.3, -0.25) is 4.79 Å². The Morgan fingerprint density at radius 2 is 1.27 bits per heavy atom. The van der Waals surface area contributed by atoms with Crippen molar-refractivity contribution in [1.82, 2.24) is 0 Å². The minimum absolute atomic E-state index is 0.0180. The normalized spacial score (nSPS) is 56.0. The first kappa shape index (κ1) is 58.1. The predicted octanol–water partition coefficient (Wildman–Crippen LogP) is -1.54. The Kier molecular flexibility index (Phi) is 16.6. The molecule has 0 aromatic rings. The molecular weight excluding hydrogens is 989 g/mol. The molecule has 9 aliphatic rings. The van der Waals surface area contributed by atoms with Gasteiger partial charge in [0.2, 0.25) is 6.29 Å². The van der Waals surface area contributed by atoms with Gasteiger partial charge in [-0.15, -0.1) is 0 Å². The van der Waals surface area contributed by atoms with Crippen molar-refractivity contribution in [2.24, 2.45) is 56.7 Å². The summed E-state index contributed by atoms with van der Waals surface area (Å²) in [5, 5.41) is 139. The van der Waals surface area contributed by atoms with Crippen molar-refractivity contribution in [3.8, 4) is 0 Å². The van der Waals surface area contributed by atoms with Gasteiger partial charge in [0, 0.05) is 5.41 Å². The number of hydrogen-bond acceptors (Lipinski definition) is 22. The van der Waals surface area contributed by atoms with E-state index in [0.29, 0.717) is 32.1 Å². The van der Waals surface area contributed by atoms with Crippen LogP contribution in [0.4, 0.5) is 0 Å². The maximum Gasteiger partial charge on any atom is 0.314 e. The SMILES string of the molecule is C=C(C)C1CCC2(C(=O)O[C@@H]3O[C@H](CO[C@@H]4O[C@H](CO)[C@@H](O[C@@H]5O[C@H](C)[C@H](O)[C@@H](O)[C@H]5O)[C@H](O)[C@H]4O)[C@@H](O)[C@H](O)[C@H]3O)CCC3(C)C(CCC4C5(C)CCC(O[C@@H]6OC[C@@H](O)[C@@H](O)[C@H]6O)[C@@](C)(CO)C5CCC43C)C12. The molecule has 0 aromatic carbocycles. The lowest BCUT2D eigenvalue weighted by atomic mass is 9.32. The topological polar surface area (TPSA) is 354 Å². The smallest absolute Gasteiger partial charge is 0.314 e. The summed E-state index contributed by atoms with van der Waals surface area (Å²) < 4.78 is 47.0. The van der Waals surface area contributed by atoms with Gasteiger partial charge in [0.05, 0.1) is 44.1 Å². The van der Waals surface area contributed by atoms with Crippen LogP contribution in [0, 0.1) is 56.7 Å². The fourth-order valence-electron chi connectivity index (χ4n) is 17.0. The van der Waals surface area contributed by atoms with Crippen molar-refractivity contribution in [3.05, 3.63) is 12.2 Å². The third-order valence-corrected chi connectivity index (χ3v) is 21.5. The van der Waals surface area contributed by atoms with Crippen molar-refractivity contribution >= 4 is 5.97 Å². The van der Waals surface area contributed by atoms with E-state index in [1.165, 1.54) is 6.92 Å². The first-order valence-corrected chi connectivity index (χ1v) is 27.3. The van der Waals surface area contributed by atoms with E-state index in [1.807, 2.05) is 6.92 Å². The third-order valence-electron chi connectivity index (χ3n) is 21.5. The second-order valence-electron chi connectivity index (χ2n) is 25.2. The fourth-order valence-corrected chi connectivity index (χ4v) is 17.0. The number of aliphatic hydroxyl groups excluding tert-OH is 13. The lowest BCUT2D eigenvalue weighted by molar-refractivity contribution is -0.361. The molecule has 5 aliphatic carbocycles. The predicted molar refractivity (Wildman–Crippen MR) is 257 cm³/mol. The quantitative estimate of drug-likeness (QED) is 0.0598. The first-order valence-electron chi connectivity index (χ1n) is 27.3. The summed E-state index contributed by atoms with van der Waals surface area (Å²) in [5.41, 5.74) is -1.38. The molecule has 0 spiro atoms. The zero-order valence-corrected chi connectivity index (χ0v) is 44.0. The van der Waals surface area contributed by atoms with Gasteiger partial charge in [-0.25, -0.2) is 0 Å². The van der Waals surface area contributed by atoms with Gasteiger partial charge >= 0.3 is 5.97 Å². The molecule has 5 saturated carbocycles. The van der Waals surface area contributed by atoms with Gasteiger partial charge in [0.1, 0.15) is 85.5 Å². The zero-order valence-electron chi connectivity index (χ0n) is 44.0. The summed E-state index contributed by atoms with van der Waals surface area (Å²) >= 11 is 0. The monoisotopic (exact) mass is 1070 g/mol. The average molecular weight is 1080 g/mol. The van der Waals surface area contributed by atoms with E-state index in [2.05, 4.69) is 34.3 Å². The van der Waals surface area contributed by atoms with E-state index in [1.54, 1.807) is 0 Å². The summed E-state index contributed by atoms with van der Waals surface area (Å²) in [6.45, 7) is 15.3. The van der Waals surface area contributed by atoms with Crippen molar-refractivity contribution in [3.63, 3.8) is 0 Å². The summed E-state index contributed by atoms with van der Waals surface area (Å²) in [6, 6.07) is 0. The molecule has 430 valence electrons. The molecular formula is C53H86O22. The number of esters is 1. The molecule has 4 aliphatic heterocycles. The second kappa shape index (κ2) is 21.4. The highest BCUT2D eigenvalue weighted by Gasteiger charge is 2.73. The van der Waals surface area contributed by atoms with Gasteiger partial charge < -0.3 is 104 Å². The van der Waals surface area contributed by atoms with E-state index >= 15 is 4.79 Å². The molecule has 9 rings (SSSR count). The van der Waals surface area contributed by atoms with Crippen LogP contribution in [0.15, 0.2) is 12.2 Å². The molecule has 13 N–H and O–H groups in total. The Labute approximate surface area is 437 Å².